The highest BCUT2D eigenvalue weighted by atomic mass is 35.5. The van der Waals surface area contributed by atoms with Crippen LogP contribution in [0, 0.1) is 5.92 Å². The van der Waals surface area contributed by atoms with E-state index in [9.17, 15) is 19.5 Å². The first-order valence-corrected chi connectivity index (χ1v) is 27.2. The van der Waals surface area contributed by atoms with Gasteiger partial charge in [0.2, 0.25) is 5.91 Å². The fourth-order valence-electron chi connectivity index (χ4n) is 9.34. The number of halogens is 1. The van der Waals surface area contributed by atoms with Gasteiger partial charge in [-0.2, -0.15) is 0 Å². The van der Waals surface area contributed by atoms with E-state index in [4.69, 9.17) is 25.8 Å². The maximum atomic E-state index is 13.8. The largest absolute Gasteiger partial charge is 0.455 e. The van der Waals surface area contributed by atoms with Gasteiger partial charge in [-0.3, -0.25) is 19.3 Å². The van der Waals surface area contributed by atoms with Crippen LogP contribution in [0.4, 0.5) is 0 Å². The number of hydrogen-bond acceptors (Lipinski definition) is 9. The summed E-state index contributed by atoms with van der Waals surface area (Å²) < 4.78 is 18.6. The van der Waals surface area contributed by atoms with Crippen molar-refractivity contribution in [1.82, 2.24) is 10.2 Å². The van der Waals surface area contributed by atoms with Crippen molar-refractivity contribution in [1.29, 1.82) is 0 Å². The minimum absolute atomic E-state index is 0.155. The number of nitrogens with one attached hydrogen (secondary N) is 1. The third-order valence-electron chi connectivity index (χ3n) is 13.1. The summed E-state index contributed by atoms with van der Waals surface area (Å²) in [6.07, 6.45) is 32.2. The molecule has 9 nitrogen and oxygen atoms in total. The number of carbonyl (C=O) groups is 3. The molecule has 2 aliphatic rings. The van der Waals surface area contributed by atoms with E-state index in [1.807, 2.05) is 13.3 Å². The van der Waals surface area contributed by atoms with Gasteiger partial charge in [0, 0.05) is 19.4 Å². The molecule has 2 fully saturated rings. The zero-order chi connectivity index (χ0) is 44.7. The topological polar surface area (TPSA) is 114 Å². The van der Waals surface area contributed by atoms with Crippen molar-refractivity contribution in [2.75, 3.05) is 19.8 Å². The lowest BCUT2D eigenvalue weighted by molar-refractivity contribution is -0.229. The molecule has 0 bridgehead atoms. The summed E-state index contributed by atoms with van der Waals surface area (Å²) in [6, 6.07) is -1.08. The number of hydrogen-bond donors (Lipinski definition) is 2. The SMILES string of the molecule is CCCCCCCCCCCCCCCC(=O)OC1[C@@H](SC)OC([C@H](NC(=O)[C@@H]2C[C@@H](CCC)CN2C)[C@H](C)Cl)[C@H](O)[C@H]1OC(=O)CCCCCCCCCCCCCCC. The van der Waals surface area contributed by atoms with Crippen LogP contribution in [-0.4, -0.2) is 95.0 Å². The lowest BCUT2D eigenvalue weighted by Crippen LogP contribution is -2.66. The molecule has 0 saturated carbocycles. The smallest absolute Gasteiger partial charge is 0.306 e. The van der Waals surface area contributed by atoms with Gasteiger partial charge < -0.3 is 24.6 Å². The summed E-state index contributed by atoms with van der Waals surface area (Å²) in [7, 11) is 1.97. The van der Waals surface area contributed by atoms with E-state index in [2.05, 4.69) is 31.0 Å². The molecule has 9 atom stereocenters. The molecule has 2 heterocycles. The molecule has 2 rings (SSSR count). The number of ether oxygens (including phenoxy) is 3. The highest BCUT2D eigenvalue weighted by molar-refractivity contribution is 7.99. The molecule has 0 aromatic heterocycles. The second-order valence-corrected chi connectivity index (χ2v) is 20.3. The van der Waals surface area contributed by atoms with Crippen molar-refractivity contribution in [2.45, 2.75) is 274 Å². The van der Waals surface area contributed by atoms with Crippen LogP contribution in [0.2, 0.25) is 0 Å². The van der Waals surface area contributed by atoms with E-state index in [-0.39, 0.29) is 30.8 Å². The highest BCUT2D eigenvalue weighted by Crippen LogP contribution is 2.35. The number of rotatable bonds is 37. The second-order valence-electron chi connectivity index (χ2n) is 18.6. The van der Waals surface area contributed by atoms with Gasteiger partial charge in [-0.15, -0.1) is 23.4 Å². The number of alkyl halides is 1. The Morgan fingerprint density at radius 1 is 0.689 bits per heavy atom. The molecule has 0 aromatic rings. The van der Waals surface area contributed by atoms with Gasteiger partial charge in [0.25, 0.3) is 0 Å². The Morgan fingerprint density at radius 2 is 1.10 bits per heavy atom. The minimum atomic E-state index is -1.38. The van der Waals surface area contributed by atoms with E-state index in [0.29, 0.717) is 12.3 Å². The number of thioether (sulfide) groups is 1. The Kier molecular flexibility index (Phi) is 32.4. The first-order valence-electron chi connectivity index (χ1n) is 25.5. The zero-order valence-corrected chi connectivity index (χ0v) is 41.5. The molecule has 2 saturated heterocycles. The molecule has 2 unspecified atom stereocenters. The zero-order valence-electron chi connectivity index (χ0n) is 40.0. The molecule has 61 heavy (non-hydrogen) atoms. The van der Waals surface area contributed by atoms with Gasteiger partial charge in [-0.25, -0.2) is 0 Å². The molecular weight excluding hydrogens is 808 g/mol. The lowest BCUT2D eigenvalue weighted by Gasteiger charge is -2.46. The number of aliphatic hydroxyl groups is 1. The van der Waals surface area contributed by atoms with Crippen molar-refractivity contribution in [3.63, 3.8) is 0 Å². The number of esters is 2. The molecule has 0 spiro atoms. The minimum Gasteiger partial charge on any atom is -0.455 e. The van der Waals surface area contributed by atoms with Gasteiger partial charge in [-0.05, 0) is 51.8 Å². The standard InChI is InChI=1S/C50H93ClN2O7S/c1-7-10-12-14-16-18-20-22-24-26-28-30-32-35-42(54)58-47-45(56)46(44(39(4)51)52-49(57)41-37-40(34-9-3)38-53(41)5)60-50(61-6)48(47)59-43(55)36-33-31-29-27-25-23-21-19-17-15-13-11-8-2/h39-41,44-48,50,56H,7-38H2,1-6H3,(H,52,57)/t39-,40+,41-,44+,45-,46?,47+,48?,50+/m0/s1. The van der Waals surface area contributed by atoms with Crippen LogP contribution in [0.1, 0.15) is 227 Å². The lowest BCUT2D eigenvalue weighted by atomic mass is 9.92. The molecule has 11 heteroatoms. The Bertz CT molecular complexity index is 1130. The summed E-state index contributed by atoms with van der Waals surface area (Å²) in [4.78, 5) is 42.6. The van der Waals surface area contributed by atoms with E-state index in [1.165, 1.54) is 134 Å². The van der Waals surface area contributed by atoms with E-state index in [1.54, 1.807) is 6.92 Å². The van der Waals surface area contributed by atoms with Crippen molar-refractivity contribution >= 4 is 41.2 Å². The number of carbonyl (C=O) groups excluding carboxylic acids is 3. The van der Waals surface area contributed by atoms with Gasteiger partial charge in [-0.1, -0.05) is 181 Å². The quantitative estimate of drug-likeness (QED) is 0.0357. The monoisotopic (exact) mass is 901 g/mol. The summed E-state index contributed by atoms with van der Waals surface area (Å²) in [5.41, 5.74) is -0.740. The van der Waals surface area contributed by atoms with E-state index < -0.39 is 47.2 Å². The predicted molar refractivity (Wildman–Crippen MR) is 255 cm³/mol. The van der Waals surface area contributed by atoms with Crippen LogP contribution in [-0.2, 0) is 28.6 Å². The first kappa shape index (κ1) is 56.1. The van der Waals surface area contributed by atoms with Crippen LogP contribution in [0.5, 0.6) is 0 Å². The number of aliphatic hydroxyl groups excluding tert-OH is 1. The predicted octanol–water partition coefficient (Wildman–Crippen LogP) is 12.5. The Balaban J connectivity index is 1.98. The van der Waals surface area contributed by atoms with E-state index in [0.717, 1.165) is 64.3 Å². The molecule has 0 aromatic carbocycles. The average molecular weight is 902 g/mol. The van der Waals surface area contributed by atoms with Crippen molar-refractivity contribution in [3.05, 3.63) is 0 Å². The Hall–Kier alpha value is -1.07. The molecule has 358 valence electrons. The normalized spacial score (nSPS) is 24.1. The molecule has 2 aliphatic heterocycles. The second kappa shape index (κ2) is 35.2. The van der Waals surface area contributed by atoms with E-state index >= 15 is 0 Å². The van der Waals surface area contributed by atoms with Gasteiger partial charge in [0.15, 0.2) is 12.2 Å². The number of likely N-dealkylation sites (N-methyl/N-ethyl adjacent to an activating group) is 1. The maximum absolute atomic E-state index is 13.8. The van der Waals surface area contributed by atoms with Gasteiger partial charge >= 0.3 is 11.9 Å². The fraction of sp³-hybridized carbons (Fsp3) is 0.940. The Morgan fingerprint density at radius 3 is 1.49 bits per heavy atom. The summed E-state index contributed by atoms with van der Waals surface area (Å²) in [5.74, 6) is -0.527. The summed E-state index contributed by atoms with van der Waals surface area (Å²) >= 11 is 8.10. The van der Waals surface area contributed by atoms with Gasteiger partial charge in [0.05, 0.1) is 17.5 Å². The Labute approximate surface area is 383 Å². The average Bonchev–Trinajstić information content (AvgIpc) is 3.61. The van der Waals surface area contributed by atoms with Crippen LogP contribution in [0.25, 0.3) is 0 Å². The van der Waals surface area contributed by atoms with Crippen LogP contribution < -0.4 is 5.32 Å². The van der Waals surface area contributed by atoms with Crippen LogP contribution in [0.15, 0.2) is 0 Å². The summed E-state index contributed by atoms with van der Waals surface area (Å²) in [5, 5.41) is 14.5. The molecule has 0 aliphatic carbocycles. The number of amides is 1. The molecule has 2 N–H and O–H groups in total. The molecular formula is C50H93ClN2O7S. The highest BCUT2D eigenvalue weighted by Gasteiger charge is 2.53. The van der Waals surface area contributed by atoms with Gasteiger partial charge in [0.1, 0.15) is 17.6 Å². The van der Waals surface area contributed by atoms with Crippen LogP contribution >= 0.6 is 23.4 Å². The number of unbranched alkanes of at least 4 members (excludes halogenated alkanes) is 24. The maximum Gasteiger partial charge on any atom is 0.306 e. The van der Waals surface area contributed by atoms with Crippen molar-refractivity contribution in [3.8, 4) is 0 Å². The molecule has 0 radical (unpaired) electrons. The van der Waals surface area contributed by atoms with Crippen molar-refractivity contribution in [2.24, 2.45) is 5.92 Å². The fourth-order valence-corrected chi connectivity index (χ4v) is 10.3. The first-order chi connectivity index (χ1) is 29.6. The third-order valence-corrected chi connectivity index (χ3v) is 14.2. The summed E-state index contributed by atoms with van der Waals surface area (Å²) in [6.45, 7) is 9.30. The third kappa shape index (κ3) is 23.6. The van der Waals surface area contributed by atoms with Crippen molar-refractivity contribution < 1.29 is 33.7 Å². The number of nitrogens with zero attached hydrogens (tertiary/aromatic N) is 1. The van der Waals surface area contributed by atoms with Crippen LogP contribution in [0.3, 0.4) is 0 Å². The number of likely N-dealkylation sites (tertiary alicyclic amines) is 1. The molecule has 1 amide bonds.